The molecule has 4 heterocycles. The minimum atomic E-state index is 0.354. The van der Waals surface area contributed by atoms with Crippen LogP contribution in [0.2, 0.25) is 0 Å². The summed E-state index contributed by atoms with van der Waals surface area (Å²) in [5, 5.41) is 9.50. The zero-order valence-corrected chi connectivity index (χ0v) is 13.3. The van der Waals surface area contributed by atoms with Crippen molar-refractivity contribution >= 4 is 16.9 Å². The molecular formula is C17H18N6O. The van der Waals surface area contributed by atoms with E-state index in [4.69, 9.17) is 4.42 Å². The molecule has 24 heavy (non-hydrogen) atoms. The Labute approximate surface area is 139 Å². The van der Waals surface area contributed by atoms with Crippen LogP contribution in [0.25, 0.3) is 11.0 Å². The molecule has 0 amide bonds. The monoisotopic (exact) mass is 322 g/mol. The van der Waals surface area contributed by atoms with Crippen LogP contribution in [0, 0.1) is 0 Å². The standard InChI is InChI=1S/C17H18N6O/c1-2-13-14(18-7-1)19-10-20-15(13)23-8-5-12(6-9-23)17-22-21-16(24-17)11-3-4-11/h1-2,7,10-12H,3-6,8-9H2. The number of piperidine rings is 1. The summed E-state index contributed by atoms with van der Waals surface area (Å²) in [4.78, 5) is 15.3. The molecule has 0 aromatic carbocycles. The van der Waals surface area contributed by atoms with Crippen LogP contribution >= 0.6 is 0 Å². The summed E-state index contributed by atoms with van der Waals surface area (Å²) in [5.74, 6) is 3.49. The predicted molar refractivity (Wildman–Crippen MR) is 87.8 cm³/mol. The van der Waals surface area contributed by atoms with Gasteiger partial charge in [0.25, 0.3) is 0 Å². The van der Waals surface area contributed by atoms with Crippen LogP contribution in [-0.4, -0.2) is 38.2 Å². The van der Waals surface area contributed by atoms with Crippen molar-refractivity contribution in [1.29, 1.82) is 0 Å². The van der Waals surface area contributed by atoms with Gasteiger partial charge in [-0.25, -0.2) is 15.0 Å². The molecule has 1 saturated carbocycles. The Bertz CT molecular complexity index is 861. The Morgan fingerprint density at radius 3 is 2.42 bits per heavy atom. The van der Waals surface area contributed by atoms with Gasteiger partial charge in [0.15, 0.2) is 5.65 Å². The fourth-order valence-corrected chi connectivity index (χ4v) is 3.38. The molecule has 1 saturated heterocycles. The molecular weight excluding hydrogens is 304 g/mol. The van der Waals surface area contributed by atoms with Gasteiger partial charge in [-0.05, 0) is 37.8 Å². The molecule has 1 aliphatic heterocycles. The van der Waals surface area contributed by atoms with E-state index in [1.165, 1.54) is 12.8 Å². The van der Waals surface area contributed by atoms with Gasteiger partial charge in [0.2, 0.25) is 11.8 Å². The van der Waals surface area contributed by atoms with Crippen molar-refractivity contribution in [3.63, 3.8) is 0 Å². The molecule has 7 heteroatoms. The molecule has 3 aromatic rings. The third-order valence-corrected chi connectivity index (χ3v) is 4.91. The fourth-order valence-electron chi connectivity index (χ4n) is 3.38. The second kappa shape index (κ2) is 5.51. The third-order valence-electron chi connectivity index (χ3n) is 4.91. The number of hydrogen-bond donors (Lipinski definition) is 0. The summed E-state index contributed by atoms with van der Waals surface area (Å²) in [6, 6.07) is 3.96. The Hall–Kier alpha value is -2.57. The summed E-state index contributed by atoms with van der Waals surface area (Å²) in [6.07, 6.45) is 7.73. The van der Waals surface area contributed by atoms with E-state index in [0.717, 1.165) is 54.6 Å². The van der Waals surface area contributed by atoms with Crippen molar-refractivity contribution in [3.8, 4) is 0 Å². The number of aromatic nitrogens is 5. The largest absolute Gasteiger partial charge is 0.425 e. The van der Waals surface area contributed by atoms with Gasteiger partial charge in [-0.1, -0.05) is 0 Å². The molecule has 1 aliphatic carbocycles. The Kier molecular flexibility index (Phi) is 3.17. The smallest absolute Gasteiger partial charge is 0.219 e. The first kappa shape index (κ1) is 13.8. The maximum Gasteiger partial charge on any atom is 0.219 e. The van der Waals surface area contributed by atoms with Gasteiger partial charge in [-0.2, -0.15) is 0 Å². The number of rotatable bonds is 3. The number of anilines is 1. The molecule has 7 nitrogen and oxygen atoms in total. The molecule has 5 rings (SSSR count). The quantitative estimate of drug-likeness (QED) is 0.733. The van der Waals surface area contributed by atoms with Crippen LogP contribution in [-0.2, 0) is 0 Å². The van der Waals surface area contributed by atoms with E-state index in [0.29, 0.717) is 11.8 Å². The molecule has 2 fully saturated rings. The van der Waals surface area contributed by atoms with Crippen molar-refractivity contribution in [2.75, 3.05) is 18.0 Å². The molecule has 0 spiro atoms. The molecule has 0 atom stereocenters. The summed E-state index contributed by atoms with van der Waals surface area (Å²) < 4.78 is 5.88. The van der Waals surface area contributed by atoms with Gasteiger partial charge in [0, 0.05) is 31.1 Å². The number of pyridine rings is 1. The average Bonchev–Trinajstić information content (AvgIpc) is 3.38. The van der Waals surface area contributed by atoms with Crippen LogP contribution in [0.4, 0.5) is 5.82 Å². The Morgan fingerprint density at radius 2 is 1.67 bits per heavy atom. The van der Waals surface area contributed by atoms with Gasteiger partial charge >= 0.3 is 0 Å². The fraction of sp³-hybridized carbons (Fsp3) is 0.471. The highest BCUT2D eigenvalue weighted by atomic mass is 16.4. The predicted octanol–water partition coefficient (Wildman–Crippen LogP) is 2.67. The van der Waals surface area contributed by atoms with Gasteiger partial charge < -0.3 is 9.32 Å². The first-order chi connectivity index (χ1) is 11.9. The zero-order chi connectivity index (χ0) is 15.9. The summed E-state index contributed by atoms with van der Waals surface area (Å²) in [6.45, 7) is 1.85. The second-order valence-electron chi connectivity index (χ2n) is 6.59. The highest BCUT2D eigenvalue weighted by Crippen LogP contribution is 2.40. The maximum absolute atomic E-state index is 5.88. The van der Waals surface area contributed by atoms with E-state index in [2.05, 4.69) is 30.0 Å². The molecule has 0 N–H and O–H groups in total. The summed E-state index contributed by atoms with van der Waals surface area (Å²) >= 11 is 0. The lowest BCUT2D eigenvalue weighted by Gasteiger charge is -2.31. The second-order valence-corrected chi connectivity index (χ2v) is 6.59. The van der Waals surface area contributed by atoms with E-state index in [-0.39, 0.29) is 0 Å². The lowest BCUT2D eigenvalue weighted by Crippen LogP contribution is -2.33. The van der Waals surface area contributed by atoms with Crippen LogP contribution < -0.4 is 4.90 Å². The van der Waals surface area contributed by atoms with Gasteiger partial charge in [0.05, 0.1) is 5.39 Å². The van der Waals surface area contributed by atoms with E-state index < -0.39 is 0 Å². The minimum absolute atomic E-state index is 0.354. The molecule has 0 bridgehead atoms. The van der Waals surface area contributed by atoms with Crippen molar-refractivity contribution in [1.82, 2.24) is 25.1 Å². The molecule has 2 aliphatic rings. The van der Waals surface area contributed by atoms with E-state index in [1.807, 2.05) is 12.1 Å². The van der Waals surface area contributed by atoms with Crippen LogP contribution in [0.5, 0.6) is 0 Å². The van der Waals surface area contributed by atoms with Crippen LogP contribution in [0.1, 0.15) is 49.3 Å². The van der Waals surface area contributed by atoms with E-state index >= 15 is 0 Å². The lowest BCUT2D eigenvalue weighted by molar-refractivity contribution is 0.375. The first-order valence-electron chi connectivity index (χ1n) is 8.52. The highest BCUT2D eigenvalue weighted by molar-refractivity contribution is 5.86. The highest BCUT2D eigenvalue weighted by Gasteiger charge is 2.32. The number of fused-ring (bicyclic) bond motifs is 1. The first-order valence-corrected chi connectivity index (χ1v) is 8.52. The van der Waals surface area contributed by atoms with Crippen molar-refractivity contribution in [2.24, 2.45) is 0 Å². The molecule has 3 aromatic heterocycles. The number of nitrogens with zero attached hydrogens (tertiary/aromatic N) is 6. The Morgan fingerprint density at radius 1 is 0.917 bits per heavy atom. The van der Waals surface area contributed by atoms with Gasteiger partial charge in [-0.15, -0.1) is 10.2 Å². The van der Waals surface area contributed by atoms with E-state index in [9.17, 15) is 0 Å². The summed E-state index contributed by atoms with van der Waals surface area (Å²) in [5.41, 5.74) is 0.746. The van der Waals surface area contributed by atoms with Crippen LogP contribution in [0.3, 0.4) is 0 Å². The van der Waals surface area contributed by atoms with Crippen molar-refractivity contribution in [3.05, 3.63) is 36.4 Å². The summed E-state index contributed by atoms with van der Waals surface area (Å²) in [7, 11) is 0. The number of hydrogen-bond acceptors (Lipinski definition) is 7. The normalized spacial score (nSPS) is 19.1. The molecule has 0 unspecified atom stereocenters. The van der Waals surface area contributed by atoms with Gasteiger partial charge in [-0.3, -0.25) is 0 Å². The lowest BCUT2D eigenvalue weighted by atomic mass is 9.96. The van der Waals surface area contributed by atoms with Crippen molar-refractivity contribution < 1.29 is 4.42 Å². The minimum Gasteiger partial charge on any atom is -0.425 e. The van der Waals surface area contributed by atoms with Gasteiger partial charge in [0.1, 0.15) is 12.1 Å². The maximum atomic E-state index is 5.88. The SMILES string of the molecule is c1cnc2ncnc(N3CCC(c4nnc(C5CC5)o4)CC3)c2c1. The van der Waals surface area contributed by atoms with Crippen molar-refractivity contribution in [2.45, 2.75) is 37.5 Å². The molecule has 0 radical (unpaired) electrons. The zero-order valence-electron chi connectivity index (χ0n) is 13.3. The Balaban J connectivity index is 1.34. The topological polar surface area (TPSA) is 80.8 Å². The third kappa shape index (κ3) is 2.40. The van der Waals surface area contributed by atoms with E-state index in [1.54, 1.807) is 12.5 Å². The average molecular weight is 322 g/mol. The van der Waals surface area contributed by atoms with Crippen LogP contribution in [0.15, 0.2) is 29.1 Å². The molecule has 122 valence electrons.